The Morgan fingerprint density at radius 2 is 2.08 bits per heavy atom. The highest BCUT2D eigenvalue weighted by Crippen LogP contribution is 2.60. The summed E-state index contributed by atoms with van der Waals surface area (Å²) in [5.41, 5.74) is 3.33. The summed E-state index contributed by atoms with van der Waals surface area (Å²) in [5.74, 6) is 1.58. The zero-order chi connectivity index (χ0) is 8.93. The molecular weight excluding hydrogens is 144 g/mol. The molecule has 0 spiro atoms. The second-order valence-electron chi connectivity index (χ2n) is 4.79. The minimum absolute atomic E-state index is 0.413. The molecule has 66 valence electrons. The van der Waals surface area contributed by atoms with E-state index in [4.69, 9.17) is 0 Å². The van der Waals surface area contributed by atoms with Crippen LogP contribution in [0.2, 0.25) is 0 Å². The third-order valence-corrected chi connectivity index (χ3v) is 4.22. The van der Waals surface area contributed by atoms with E-state index in [9.17, 15) is 0 Å². The first kappa shape index (κ1) is 8.10. The number of allylic oxidation sites excluding steroid dienone is 2. The summed E-state index contributed by atoms with van der Waals surface area (Å²) in [6, 6.07) is 0. The molecule has 2 aliphatic rings. The lowest BCUT2D eigenvalue weighted by Gasteiger charge is -2.26. The second-order valence-corrected chi connectivity index (χ2v) is 4.79. The van der Waals surface area contributed by atoms with Crippen LogP contribution >= 0.6 is 0 Å². The topological polar surface area (TPSA) is 0 Å². The number of hydrogen-bond acceptors (Lipinski definition) is 0. The summed E-state index contributed by atoms with van der Waals surface area (Å²) in [7, 11) is 0. The highest BCUT2D eigenvalue weighted by atomic mass is 14.5. The Morgan fingerprint density at radius 1 is 1.42 bits per heavy atom. The molecule has 2 aliphatic carbocycles. The van der Waals surface area contributed by atoms with Gasteiger partial charge in [0.15, 0.2) is 0 Å². The predicted octanol–water partition coefficient (Wildman–Crippen LogP) is 3.55. The lowest BCUT2D eigenvalue weighted by Crippen LogP contribution is -2.18. The van der Waals surface area contributed by atoms with Gasteiger partial charge in [-0.05, 0) is 36.5 Å². The molecule has 0 heteroatoms. The van der Waals surface area contributed by atoms with E-state index in [1.165, 1.54) is 30.4 Å². The van der Waals surface area contributed by atoms with Crippen molar-refractivity contribution in [2.24, 2.45) is 17.3 Å². The van der Waals surface area contributed by atoms with E-state index in [1.807, 2.05) is 0 Å². The van der Waals surface area contributed by atoms with E-state index >= 15 is 0 Å². The van der Waals surface area contributed by atoms with Gasteiger partial charge in [-0.1, -0.05) is 38.2 Å². The molecule has 0 aliphatic heterocycles. The van der Waals surface area contributed by atoms with E-state index in [0.29, 0.717) is 5.41 Å². The lowest BCUT2D eigenvalue weighted by atomic mass is 9.78. The van der Waals surface area contributed by atoms with Gasteiger partial charge in [-0.25, -0.2) is 0 Å². The van der Waals surface area contributed by atoms with E-state index in [-0.39, 0.29) is 0 Å². The molecule has 0 aromatic heterocycles. The molecule has 2 fully saturated rings. The zero-order valence-electron chi connectivity index (χ0n) is 8.19. The number of fused-ring (bicyclic) bond motifs is 1. The van der Waals surface area contributed by atoms with Crippen molar-refractivity contribution in [1.29, 1.82) is 0 Å². The van der Waals surface area contributed by atoms with Crippen LogP contribution in [0.1, 0.15) is 33.1 Å². The van der Waals surface area contributed by atoms with Crippen LogP contribution < -0.4 is 0 Å². The Bertz CT molecular complexity index is 249. The third kappa shape index (κ3) is 0.784. The van der Waals surface area contributed by atoms with Gasteiger partial charge in [0.25, 0.3) is 0 Å². The normalized spacial score (nSPS) is 46.8. The van der Waals surface area contributed by atoms with Crippen LogP contribution in [0.5, 0.6) is 0 Å². The van der Waals surface area contributed by atoms with Crippen molar-refractivity contribution >= 4 is 0 Å². The molecule has 2 saturated carbocycles. The standard InChI is InChI=1S/C12H18/c1-8-7-12(4)9(2)5-6-11(12)10(8)3/h10-11H,1-2,5-7H2,3-4H3. The summed E-state index contributed by atoms with van der Waals surface area (Å²) >= 11 is 0. The zero-order valence-corrected chi connectivity index (χ0v) is 8.19. The van der Waals surface area contributed by atoms with Gasteiger partial charge >= 0.3 is 0 Å². The SMILES string of the molecule is C=C1CC2(C)C(=C)CCC2C1C. The van der Waals surface area contributed by atoms with Crippen LogP contribution in [-0.2, 0) is 0 Å². The average Bonchev–Trinajstić information content (AvgIpc) is 2.38. The molecule has 0 radical (unpaired) electrons. The summed E-state index contributed by atoms with van der Waals surface area (Å²) in [6.45, 7) is 13.1. The predicted molar refractivity (Wildman–Crippen MR) is 52.9 cm³/mol. The highest BCUT2D eigenvalue weighted by molar-refractivity contribution is 5.29. The van der Waals surface area contributed by atoms with Gasteiger partial charge in [-0.3, -0.25) is 0 Å². The lowest BCUT2D eigenvalue weighted by molar-refractivity contribution is 0.289. The van der Waals surface area contributed by atoms with Crippen LogP contribution in [0.4, 0.5) is 0 Å². The first-order chi connectivity index (χ1) is 5.55. The van der Waals surface area contributed by atoms with Crippen LogP contribution in [-0.4, -0.2) is 0 Å². The first-order valence-corrected chi connectivity index (χ1v) is 4.91. The molecular formula is C12H18. The maximum atomic E-state index is 4.20. The molecule has 12 heavy (non-hydrogen) atoms. The monoisotopic (exact) mass is 162 g/mol. The molecule has 0 aromatic rings. The average molecular weight is 162 g/mol. The fraction of sp³-hybridized carbons (Fsp3) is 0.667. The van der Waals surface area contributed by atoms with E-state index in [2.05, 4.69) is 27.0 Å². The van der Waals surface area contributed by atoms with Crippen molar-refractivity contribution in [1.82, 2.24) is 0 Å². The van der Waals surface area contributed by atoms with Crippen molar-refractivity contribution in [3.63, 3.8) is 0 Å². The Hall–Kier alpha value is -0.520. The minimum Gasteiger partial charge on any atom is -0.0995 e. The quantitative estimate of drug-likeness (QED) is 0.478. The minimum atomic E-state index is 0.413. The maximum Gasteiger partial charge on any atom is -0.00480 e. The Morgan fingerprint density at radius 3 is 2.67 bits per heavy atom. The molecule has 3 atom stereocenters. The fourth-order valence-corrected chi connectivity index (χ4v) is 3.17. The van der Waals surface area contributed by atoms with Crippen molar-refractivity contribution in [3.8, 4) is 0 Å². The molecule has 0 heterocycles. The highest BCUT2D eigenvalue weighted by Gasteiger charge is 2.49. The van der Waals surface area contributed by atoms with Crippen LogP contribution in [0.15, 0.2) is 24.3 Å². The Kier molecular flexibility index (Phi) is 1.51. The molecule has 2 rings (SSSR count). The largest absolute Gasteiger partial charge is 0.0995 e. The van der Waals surface area contributed by atoms with Crippen molar-refractivity contribution in [2.45, 2.75) is 33.1 Å². The summed E-state index contributed by atoms with van der Waals surface area (Å²) < 4.78 is 0. The van der Waals surface area contributed by atoms with Gasteiger partial charge in [0.05, 0.1) is 0 Å². The summed E-state index contributed by atoms with van der Waals surface area (Å²) in [5, 5.41) is 0. The van der Waals surface area contributed by atoms with Crippen molar-refractivity contribution in [2.75, 3.05) is 0 Å². The van der Waals surface area contributed by atoms with Crippen molar-refractivity contribution in [3.05, 3.63) is 24.3 Å². The van der Waals surface area contributed by atoms with Gasteiger partial charge in [-0.15, -0.1) is 0 Å². The maximum absolute atomic E-state index is 4.20. The molecule has 0 N–H and O–H groups in total. The Balaban J connectivity index is 2.37. The van der Waals surface area contributed by atoms with Gasteiger partial charge in [0, 0.05) is 0 Å². The molecule has 0 bridgehead atoms. The molecule has 0 aromatic carbocycles. The van der Waals surface area contributed by atoms with Gasteiger partial charge in [-0.2, -0.15) is 0 Å². The van der Waals surface area contributed by atoms with E-state index < -0.39 is 0 Å². The van der Waals surface area contributed by atoms with Crippen LogP contribution in [0, 0.1) is 17.3 Å². The van der Waals surface area contributed by atoms with Crippen LogP contribution in [0.3, 0.4) is 0 Å². The smallest absolute Gasteiger partial charge is 0.00480 e. The summed E-state index contributed by atoms with van der Waals surface area (Å²) in [6.07, 6.45) is 3.78. The molecule has 0 nitrogen and oxygen atoms in total. The molecule has 0 amide bonds. The second kappa shape index (κ2) is 2.25. The van der Waals surface area contributed by atoms with E-state index in [0.717, 1.165) is 11.8 Å². The van der Waals surface area contributed by atoms with Crippen molar-refractivity contribution < 1.29 is 0 Å². The Labute approximate surface area is 75.4 Å². The number of hydrogen-bond donors (Lipinski definition) is 0. The van der Waals surface area contributed by atoms with Crippen LogP contribution in [0.25, 0.3) is 0 Å². The van der Waals surface area contributed by atoms with Gasteiger partial charge in [0.1, 0.15) is 0 Å². The molecule has 3 unspecified atom stereocenters. The molecule has 0 saturated heterocycles. The number of rotatable bonds is 0. The summed E-state index contributed by atoms with van der Waals surface area (Å²) in [4.78, 5) is 0. The van der Waals surface area contributed by atoms with Gasteiger partial charge in [0.2, 0.25) is 0 Å². The van der Waals surface area contributed by atoms with Gasteiger partial charge < -0.3 is 0 Å². The fourth-order valence-electron chi connectivity index (χ4n) is 3.17. The van der Waals surface area contributed by atoms with E-state index in [1.54, 1.807) is 0 Å². The first-order valence-electron chi connectivity index (χ1n) is 4.91. The third-order valence-electron chi connectivity index (χ3n) is 4.22.